The number of hydrogen-bond donors (Lipinski definition) is 1. The second-order valence-electron chi connectivity index (χ2n) is 3.71. The minimum atomic E-state index is -0.209. The summed E-state index contributed by atoms with van der Waals surface area (Å²) in [5.41, 5.74) is 0.973. The molecule has 0 aromatic heterocycles. The standard InChI is InChI=1S/C13H17BrFN/c1-3-4-5-8-16-10(2)11-6-7-12(14)13(15)9-11/h3-4,6-7,9-10,16H,5,8H2,1-2H3/b4-3+. The predicted molar refractivity (Wildman–Crippen MR) is 69.9 cm³/mol. The molecule has 0 aliphatic carbocycles. The number of allylic oxidation sites excluding steroid dienone is 1. The second kappa shape index (κ2) is 6.81. The van der Waals surface area contributed by atoms with Gasteiger partial charge in [-0.1, -0.05) is 18.2 Å². The molecule has 0 fully saturated rings. The van der Waals surface area contributed by atoms with E-state index in [9.17, 15) is 4.39 Å². The Kier molecular flexibility index (Phi) is 5.71. The zero-order chi connectivity index (χ0) is 12.0. The zero-order valence-corrected chi connectivity index (χ0v) is 11.2. The first kappa shape index (κ1) is 13.4. The Morgan fingerprint density at radius 2 is 2.25 bits per heavy atom. The number of rotatable bonds is 5. The van der Waals surface area contributed by atoms with Gasteiger partial charge < -0.3 is 5.32 Å². The Morgan fingerprint density at radius 1 is 1.50 bits per heavy atom. The molecule has 16 heavy (non-hydrogen) atoms. The minimum Gasteiger partial charge on any atom is -0.310 e. The monoisotopic (exact) mass is 285 g/mol. The van der Waals surface area contributed by atoms with Gasteiger partial charge in [0.25, 0.3) is 0 Å². The van der Waals surface area contributed by atoms with Crippen molar-refractivity contribution in [3.63, 3.8) is 0 Å². The maximum atomic E-state index is 13.3. The molecule has 1 aromatic carbocycles. The van der Waals surface area contributed by atoms with E-state index in [0.717, 1.165) is 18.5 Å². The number of halogens is 2. The van der Waals surface area contributed by atoms with Crippen LogP contribution in [-0.2, 0) is 0 Å². The summed E-state index contributed by atoms with van der Waals surface area (Å²) in [6.07, 6.45) is 5.15. The Bertz CT molecular complexity index is 363. The van der Waals surface area contributed by atoms with Gasteiger partial charge in [-0.15, -0.1) is 0 Å². The highest BCUT2D eigenvalue weighted by atomic mass is 79.9. The molecule has 1 aromatic rings. The van der Waals surface area contributed by atoms with Gasteiger partial charge in [0.1, 0.15) is 5.82 Å². The molecule has 0 heterocycles. The first-order valence-electron chi connectivity index (χ1n) is 5.44. The Morgan fingerprint density at radius 3 is 2.88 bits per heavy atom. The van der Waals surface area contributed by atoms with Crippen molar-refractivity contribution in [1.29, 1.82) is 0 Å². The molecule has 0 spiro atoms. The molecule has 1 nitrogen and oxygen atoms in total. The third kappa shape index (κ3) is 4.06. The summed E-state index contributed by atoms with van der Waals surface area (Å²) in [5.74, 6) is -0.209. The highest BCUT2D eigenvalue weighted by Crippen LogP contribution is 2.20. The van der Waals surface area contributed by atoms with Gasteiger partial charge in [-0.2, -0.15) is 0 Å². The van der Waals surface area contributed by atoms with Crippen molar-refractivity contribution in [1.82, 2.24) is 5.32 Å². The van der Waals surface area contributed by atoms with Crippen LogP contribution in [0.15, 0.2) is 34.8 Å². The van der Waals surface area contributed by atoms with Gasteiger partial charge in [0.15, 0.2) is 0 Å². The lowest BCUT2D eigenvalue weighted by Crippen LogP contribution is -2.19. The van der Waals surface area contributed by atoms with Gasteiger partial charge in [-0.25, -0.2) is 4.39 Å². The molecular weight excluding hydrogens is 269 g/mol. The SMILES string of the molecule is C/C=C/CCNC(C)c1ccc(Br)c(F)c1. The molecule has 0 aliphatic heterocycles. The van der Waals surface area contributed by atoms with Gasteiger partial charge in [0, 0.05) is 6.04 Å². The van der Waals surface area contributed by atoms with E-state index in [1.807, 2.05) is 26.0 Å². The van der Waals surface area contributed by atoms with E-state index in [4.69, 9.17) is 0 Å². The lowest BCUT2D eigenvalue weighted by Gasteiger charge is -2.13. The normalized spacial score (nSPS) is 13.2. The maximum absolute atomic E-state index is 13.3. The van der Waals surface area contributed by atoms with Crippen LogP contribution < -0.4 is 5.32 Å². The number of hydrogen-bond acceptors (Lipinski definition) is 1. The second-order valence-corrected chi connectivity index (χ2v) is 4.56. The Hall–Kier alpha value is -0.670. The molecule has 88 valence electrons. The van der Waals surface area contributed by atoms with Crippen LogP contribution in [0.3, 0.4) is 0 Å². The molecule has 1 unspecified atom stereocenters. The van der Waals surface area contributed by atoms with E-state index in [1.54, 1.807) is 12.1 Å². The van der Waals surface area contributed by atoms with Crippen molar-refractivity contribution in [3.05, 3.63) is 46.2 Å². The fourth-order valence-electron chi connectivity index (χ4n) is 1.45. The van der Waals surface area contributed by atoms with Gasteiger partial charge in [-0.05, 0) is 60.4 Å². The topological polar surface area (TPSA) is 12.0 Å². The molecule has 0 amide bonds. The summed E-state index contributed by atoms with van der Waals surface area (Å²) < 4.78 is 13.8. The van der Waals surface area contributed by atoms with Crippen LogP contribution in [0.2, 0.25) is 0 Å². The Balaban J connectivity index is 2.52. The van der Waals surface area contributed by atoms with Gasteiger partial charge in [-0.3, -0.25) is 0 Å². The first-order valence-corrected chi connectivity index (χ1v) is 6.24. The molecular formula is C13H17BrFN. The minimum absolute atomic E-state index is 0.174. The van der Waals surface area contributed by atoms with E-state index >= 15 is 0 Å². The summed E-state index contributed by atoms with van der Waals surface area (Å²) in [7, 11) is 0. The maximum Gasteiger partial charge on any atom is 0.137 e. The van der Waals surface area contributed by atoms with Gasteiger partial charge in [0.05, 0.1) is 4.47 Å². The molecule has 0 saturated carbocycles. The van der Waals surface area contributed by atoms with Crippen LogP contribution >= 0.6 is 15.9 Å². The van der Waals surface area contributed by atoms with Crippen molar-refractivity contribution in [2.75, 3.05) is 6.54 Å². The lowest BCUT2D eigenvalue weighted by molar-refractivity contribution is 0.569. The first-order chi connectivity index (χ1) is 7.65. The third-order valence-electron chi connectivity index (χ3n) is 2.44. The van der Waals surface area contributed by atoms with Crippen LogP contribution in [-0.4, -0.2) is 6.54 Å². The highest BCUT2D eigenvalue weighted by Gasteiger charge is 2.06. The number of nitrogens with one attached hydrogen (secondary N) is 1. The van der Waals surface area contributed by atoms with Crippen LogP contribution in [0.1, 0.15) is 31.9 Å². The summed E-state index contributed by atoms with van der Waals surface area (Å²) in [4.78, 5) is 0. The zero-order valence-electron chi connectivity index (χ0n) is 9.63. The quantitative estimate of drug-likeness (QED) is 0.631. The van der Waals surface area contributed by atoms with Crippen molar-refractivity contribution in [3.8, 4) is 0 Å². The molecule has 0 saturated heterocycles. The third-order valence-corrected chi connectivity index (χ3v) is 3.08. The predicted octanol–water partition coefficient (Wildman–Crippen LogP) is 4.21. The van der Waals surface area contributed by atoms with E-state index < -0.39 is 0 Å². The van der Waals surface area contributed by atoms with Crippen molar-refractivity contribution >= 4 is 15.9 Å². The van der Waals surface area contributed by atoms with E-state index in [-0.39, 0.29) is 11.9 Å². The van der Waals surface area contributed by atoms with Crippen molar-refractivity contribution < 1.29 is 4.39 Å². The molecule has 3 heteroatoms. The summed E-state index contributed by atoms with van der Waals surface area (Å²) in [6, 6.07) is 5.42. The van der Waals surface area contributed by atoms with Crippen LogP contribution in [0.25, 0.3) is 0 Å². The van der Waals surface area contributed by atoms with Crippen LogP contribution in [0.5, 0.6) is 0 Å². The molecule has 0 radical (unpaired) electrons. The van der Waals surface area contributed by atoms with Gasteiger partial charge >= 0.3 is 0 Å². The molecule has 0 aliphatic rings. The Labute approximate surface area is 105 Å². The fraction of sp³-hybridized carbons (Fsp3) is 0.385. The molecule has 0 bridgehead atoms. The number of benzene rings is 1. The summed E-state index contributed by atoms with van der Waals surface area (Å²) >= 11 is 3.15. The van der Waals surface area contributed by atoms with E-state index in [0.29, 0.717) is 4.47 Å². The smallest absolute Gasteiger partial charge is 0.137 e. The largest absolute Gasteiger partial charge is 0.310 e. The molecule has 1 N–H and O–H groups in total. The van der Waals surface area contributed by atoms with Crippen LogP contribution in [0.4, 0.5) is 4.39 Å². The van der Waals surface area contributed by atoms with Crippen molar-refractivity contribution in [2.24, 2.45) is 0 Å². The van der Waals surface area contributed by atoms with Crippen molar-refractivity contribution in [2.45, 2.75) is 26.3 Å². The van der Waals surface area contributed by atoms with E-state index in [1.165, 1.54) is 0 Å². The van der Waals surface area contributed by atoms with Gasteiger partial charge in [0.2, 0.25) is 0 Å². The summed E-state index contributed by atoms with van der Waals surface area (Å²) in [5, 5.41) is 3.35. The summed E-state index contributed by atoms with van der Waals surface area (Å²) in [6.45, 7) is 4.95. The fourth-order valence-corrected chi connectivity index (χ4v) is 1.70. The average Bonchev–Trinajstić information content (AvgIpc) is 2.28. The highest BCUT2D eigenvalue weighted by molar-refractivity contribution is 9.10. The molecule has 1 rings (SSSR count). The molecule has 1 atom stereocenters. The lowest BCUT2D eigenvalue weighted by atomic mass is 10.1. The van der Waals surface area contributed by atoms with E-state index in [2.05, 4.69) is 27.3 Å². The average molecular weight is 286 g/mol. The van der Waals surface area contributed by atoms with Crippen LogP contribution in [0, 0.1) is 5.82 Å².